The molecule has 0 saturated heterocycles. The van der Waals surface area contributed by atoms with E-state index in [0.717, 1.165) is 83.5 Å². The van der Waals surface area contributed by atoms with Gasteiger partial charge < -0.3 is 20.1 Å². The van der Waals surface area contributed by atoms with Crippen molar-refractivity contribution in [3.63, 3.8) is 0 Å². The summed E-state index contributed by atoms with van der Waals surface area (Å²) in [6, 6.07) is 0. The Bertz CT molecular complexity index is 1250. The molecule has 0 aliphatic carbocycles. The lowest BCUT2D eigenvalue weighted by Crippen LogP contribution is -2.29. The van der Waals surface area contributed by atoms with Crippen molar-refractivity contribution < 1.29 is 37.6 Å². The third kappa shape index (κ3) is 53.3. The molecule has 68 heavy (non-hydrogen) atoms. The van der Waals surface area contributed by atoms with Crippen LogP contribution in [0.2, 0.25) is 0 Å². The molecule has 0 aromatic carbocycles. The number of allylic oxidation sites excluding steroid dienone is 8. The molecule has 9 nitrogen and oxygen atoms in total. The van der Waals surface area contributed by atoms with Gasteiger partial charge in [-0.1, -0.05) is 262 Å². The molecule has 0 fully saturated rings. The van der Waals surface area contributed by atoms with E-state index < -0.39 is 26.5 Å². The van der Waals surface area contributed by atoms with E-state index in [2.05, 4.69) is 62.5 Å². The van der Waals surface area contributed by atoms with Gasteiger partial charge in [0.15, 0.2) is 6.10 Å². The highest BCUT2D eigenvalue weighted by Gasteiger charge is 2.26. The molecule has 0 saturated carbocycles. The van der Waals surface area contributed by atoms with E-state index in [-0.39, 0.29) is 38.6 Å². The lowest BCUT2D eigenvalue weighted by atomic mass is 10.0. The smallest absolute Gasteiger partial charge is 0.462 e. The lowest BCUT2D eigenvalue weighted by molar-refractivity contribution is -0.161. The second kappa shape index (κ2) is 54.3. The Balaban J connectivity index is 3.93. The van der Waals surface area contributed by atoms with Gasteiger partial charge in [-0.05, 0) is 51.4 Å². The number of hydrogen-bond donors (Lipinski definition) is 2. The molecule has 398 valence electrons. The van der Waals surface area contributed by atoms with Gasteiger partial charge in [0.2, 0.25) is 0 Å². The van der Waals surface area contributed by atoms with Crippen LogP contribution in [0.15, 0.2) is 48.6 Å². The minimum atomic E-state index is -4.39. The van der Waals surface area contributed by atoms with Crippen molar-refractivity contribution in [1.29, 1.82) is 0 Å². The normalized spacial score (nSPS) is 13.4. The van der Waals surface area contributed by atoms with Crippen molar-refractivity contribution in [2.45, 2.75) is 283 Å². The van der Waals surface area contributed by atoms with Crippen LogP contribution < -0.4 is 5.73 Å². The molecule has 3 N–H and O–H groups in total. The molecule has 0 heterocycles. The maximum atomic E-state index is 12.7. The van der Waals surface area contributed by atoms with Crippen LogP contribution >= 0.6 is 7.82 Å². The average molecular weight is 978 g/mol. The zero-order valence-electron chi connectivity index (χ0n) is 44.3. The number of ether oxygens (including phenoxy) is 2. The van der Waals surface area contributed by atoms with Crippen LogP contribution in [0.4, 0.5) is 0 Å². The van der Waals surface area contributed by atoms with Gasteiger partial charge in [0.25, 0.3) is 0 Å². The number of unbranched alkanes of at least 4 members (excludes halogenated alkanes) is 33. The Morgan fingerprint density at radius 3 is 1.21 bits per heavy atom. The molecule has 0 aliphatic heterocycles. The highest BCUT2D eigenvalue weighted by molar-refractivity contribution is 7.47. The van der Waals surface area contributed by atoms with E-state index in [9.17, 15) is 19.0 Å². The van der Waals surface area contributed by atoms with Gasteiger partial charge in [0, 0.05) is 19.4 Å². The van der Waals surface area contributed by atoms with Gasteiger partial charge >= 0.3 is 19.8 Å². The quantitative estimate of drug-likeness (QED) is 0.0264. The van der Waals surface area contributed by atoms with Crippen LogP contribution in [0.5, 0.6) is 0 Å². The molecule has 0 aliphatic rings. The topological polar surface area (TPSA) is 134 Å². The molecule has 2 unspecified atom stereocenters. The number of esters is 2. The highest BCUT2D eigenvalue weighted by Crippen LogP contribution is 2.43. The minimum Gasteiger partial charge on any atom is -0.462 e. The fourth-order valence-electron chi connectivity index (χ4n) is 8.28. The summed E-state index contributed by atoms with van der Waals surface area (Å²) in [5.41, 5.74) is 5.38. The van der Waals surface area contributed by atoms with Gasteiger partial charge in [-0.2, -0.15) is 0 Å². The summed E-state index contributed by atoms with van der Waals surface area (Å²) in [5.74, 6) is -0.834. The summed E-state index contributed by atoms with van der Waals surface area (Å²) >= 11 is 0. The standard InChI is InChI=1S/C58H108NO8P/c1-3-5-7-9-11-13-15-17-19-21-23-24-25-26-27-28-29-30-31-33-34-36-38-40-42-44-46-48-50-57(60)64-54-56(55-66-68(62,63)65-53-52-59)67-58(61)51-49-47-45-43-41-39-37-35-32-22-20-18-16-14-12-10-8-6-4-2/h6,8,12,14,18,20,32,35,56H,3-5,7,9-11,13,15-17,19,21-31,33-34,36-55,59H2,1-2H3,(H,62,63)/b8-6-,14-12-,20-18-,35-32-. The lowest BCUT2D eigenvalue weighted by Gasteiger charge is -2.19. The summed E-state index contributed by atoms with van der Waals surface area (Å²) in [7, 11) is -4.39. The molecule has 0 bridgehead atoms. The fourth-order valence-corrected chi connectivity index (χ4v) is 9.04. The molecule has 10 heteroatoms. The molecule has 0 aromatic heterocycles. The SMILES string of the molecule is CC/C=C\C/C=C\C/C=C\C/C=C\CCCCCCCCC(=O)OC(COC(=O)CCCCCCCCCCCCCCCCCCCCCCCCCCCCCC)COP(=O)(O)OCCN. The van der Waals surface area contributed by atoms with Crippen molar-refractivity contribution in [2.75, 3.05) is 26.4 Å². The second-order valence-electron chi connectivity index (χ2n) is 19.1. The number of phosphoric ester groups is 1. The number of phosphoric acid groups is 1. The van der Waals surface area contributed by atoms with Crippen LogP contribution in [0.25, 0.3) is 0 Å². The largest absolute Gasteiger partial charge is 0.472 e. The Kier molecular flexibility index (Phi) is 52.7. The first-order chi connectivity index (χ1) is 33.3. The number of nitrogens with two attached hydrogens (primary N) is 1. The monoisotopic (exact) mass is 978 g/mol. The van der Waals surface area contributed by atoms with Crippen molar-refractivity contribution in [2.24, 2.45) is 5.73 Å². The predicted octanol–water partition coefficient (Wildman–Crippen LogP) is 17.8. The predicted molar refractivity (Wildman–Crippen MR) is 289 cm³/mol. The maximum absolute atomic E-state index is 12.7. The van der Waals surface area contributed by atoms with Crippen LogP contribution in [0, 0.1) is 0 Å². The summed E-state index contributed by atoms with van der Waals surface area (Å²) in [6.07, 6.45) is 66.0. The highest BCUT2D eigenvalue weighted by atomic mass is 31.2. The van der Waals surface area contributed by atoms with E-state index >= 15 is 0 Å². The van der Waals surface area contributed by atoms with E-state index in [0.29, 0.717) is 6.42 Å². The molecular weight excluding hydrogens is 870 g/mol. The molecule has 2 atom stereocenters. The van der Waals surface area contributed by atoms with Gasteiger partial charge in [-0.3, -0.25) is 18.6 Å². The first-order valence-corrected chi connectivity index (χ1v) is 30.1. The van der Waals surface area contributed by atoms with Crippen molar-refractivity contribution in [3.8, 4) is 0 Å². The Morgan fingerprint density at radius 2 is 0.809 bits per heavy atom. The van der Waals surface area contributed by atoms with E-state index in [4.69, 9.17) is 24.3 Å². The van der Waals surface area contributed by atoms with Gasteiger partial charge in [0.05, 0.1) is 13.2 Å². The third-order valence-electron chi connectivity index (χ3n) is 12.5. The Labute approximate surface area is 419 Å². The minimum absolute atomic E-state index is 0.0505. The van der Waals surface area contributed by atoms with Crippen LogP contribution in [0.3, 0.4) is 0 Å². The van der Waals surface area contributed by atoms with Crippen LogP contribution in [-0.4, -0.2) is 49.3 Å². The maximum Gasteiger partial charge on any atom is 0.472 e. The summed E-state index contributed by atoms with van der Waals surface area (Å²) < 4.78 is 33.0. The van der Waals surface area contributed by atoms with E-state index in [1.54, 1.807) is 0 Å². The molecular formula is C58H108NO8P. The number of rotatable bonds is 54. The summed E-state index contributed by atoms with van der Waals surface area (Å²) in [4.78, 5) is 35.1. The van der Waals surface area contributed by atoms with E-state index in [1.165, 1.54) is 161 Å². The zero-order valence-corrected chi connectivity index (χ0v) is 45.2. The Morgan fingerprint density at radius 1 is 0.456 bits per heavy atom. The van der Waals surface area contributed by atoms with E-state index in [1.807, 2.05) is 0 Å². The third-order valence-corrected chi connectivity index (χ3v) is 13.5. The average Bonchev–Trinajstić information content (AvgIpc) is 3.33. The van der Waals surface area contributed by atoms with Gasteiger partial charge in [0.1, 0.15) is 6.61 Å². The summed E-state index contributed by atoms with van der Waals surface area (Å²) in [5, 5.41) is 0. The number of carbonyl (C=O) groups is 2. The van der Waals surface area contributed by atoms with Crippen molar-refractivity contribution >= 4 is 19.8 Å². The molecule has 0 aromatic rings. The second-order valence-corrected chi connectivity index (χ2v) is 20.6. The van der Waals surface area contributed by atoms with Crippen LogP contribution in [-0.2, 0) is 32.7 Å². The van der Waals surface area contributed by atoms with Crippen molar-refractivity contribution in [1.82, 2.24) is 0 Å². The van der Waals surface area contributed by atoms with Crippen molar-refractivity contribution in [3.05, 3.63) is 48.6 Å². The van der Waals surface area contributed by atoms with Gasteiger partial charge in [-0.25, -0.2) is 4.57 Å². The fraction of sp³-hybridized carbons (Fsp3) is 0.828. The summed E-state index contributed by atoms with van der Waals surface area (Å²) in [6.45, 7) is 3.65. The zero-order chi connectivity index (χ0) is 49.5. The Hall–Kier alpha value is -2.03. The molecule has 0 amide bonds. The number of hydrogen-bond acceptors (Lipinski definition) is 8. The van der Waals surface area contributed by atoms with Gasteiger partial charge in [-0.15, -0.1) is 0 Å². The van der Waals surface area contributed by atoms with Crippen LogP contribution in [0.1, 0.15) is 277 Å². The molecule has 0 spiro atoms. The first kappa shape index (κ1) is 66.0. The first-order valence-electron chi connectivity index (χ1n) is 28.6. The molecule has 0 radical (unpaired) electrons. The number of carbonyl (C=O) groups excluding carboxylic acids is 2. The molecule has 0 rings (SSSR count).